The summed E-state index contributed by atoms with van der Waals surface area (Å²) in [5.41, 5.74) is 1.54. The van der Waals surface area contributed by atoms with Gasteiger partial charge in [0.05, 0.1) is 44.2 Å². The van der Waals surface area contributed by atoms with E-state index in [4.69, 9.17) is 21.3 Å². The number of rotatable bonds is 10. The van der Waals surface area contributed by atoms with Crippen LogP contribution in [0.3, 0.4) is 0 Å². The van der Waals surface area contributed by atoms with Crippen molar-refractivity contribution in [2.45, 2.75) is 45.2 Å². The maximum Gasteiger partial charge on any atom is 0.390 e. The molecule has 0 unspecified atom stereocenters. The van der Waals surface area contributed by atoms with Gasteiger partial charge in [-0.25, -0.2) is 23.4 Å². The van der Waals surface area contributed by atoms with Gasteiger partial charge in [-0.3, -0.25) is 4.72 Å². The predicted octanol–water partition coefficient (Wildman–Crippen LogP) is 6.58. The van der Waals surface area contributed by atoms with E-state index >= 15 is 0 Å². The fraction of sp³-hybridized carbons (Fsp3) is 0.480. The largest absolute Gasteiger partial charge is 0.390 e. The minimum absolute atomic E-state index is 0.0233. The molecule has 0 amide bonds. The van der Waals surface area contributed by atoms with Gasteiger partial charge in [0.15, 0.2) is 0 Å². The molecule has 212 valence electrons. The highest BCUT2D eigenvalue weighted by molar-refractivity contribution is 7.92. The molecule has 14 heteroatoms. The highest BCUT2D eigenvalue weighted by Gasteiger charge is 2.31. The van der Waals surface area contributed by atoms with Crippen molar-refractivity contribution < 1.29 is 26.3 Å². The molecule has 1 aromatic carbocycles. The van der Waals surface area contributed by atoms with Crippen molar-refractivity contribution in [3.8, 4) is 21.8 Å². The Kier molecular flexibility index (Phi) is 9.35. The van der Waals surface area contributed by atoms with Crippen LogP contribution in [-0.2, 0) is 14.8 Å². The lowest BCUT2D eigenvalue weighted by molar-refractivity contribution is -0.129. The Morgan fingerprint density at radius 3 is 2.62 bits per heavy atom. The van der Waals surface area contributed by atoms with Crippen molar-refractivity contribution in [3.05, 3.63) is 40.5 Å². The summed E-state index contributed by atoms with van der Waals surface area (Å²) in [5, 5.41) is 4.13. The Labute approximate surface area is 234 Å². The monoisotopic (exact) mass is 603 g/mol. The van der Waals surface area contributed by atoms with Crippen molar-refractivity contribution in [3.63, 3.8) is 0 Å². The molecule has 2 N–H and O–H groups in total. The van der Waals surface area contributed by atoms with E-state index in [2.05, 4.69) is 33.9 Å². The molecule has 0 saturated carbocycles. The van der Waals surface area contributed by atoms with Crippen molar-refractivity contribution in [2.24, 2.45) is 5.92 Å². The number of anilines is 2. The second kappa shape index (κ2) is 12.4. The van der Waals surface area contributed by atoms with Gasteiger partial charge in [-0.15, -0.1) is 11.3 Å². The third kappa shape index (κ3) is 8.03. The first-order chi connectivity index (χ1) is 18.4. The third-order valence-electron chi connectivity index (χ3n) is 5.94. The number of thiazole rings is 1. The van der Waals surface area contributed by atoms with E-state index in [9.17, 15) is 21.6 Å². The topological polar surface area (TPSA) is 106 Å². The minimum Gasteiger partial charge on any atom is -0.381 e. The van der Waals surface area contributed by atoms with E-state index in [0.717, 1.165) is 22.7 Å². The first-order valence-electron chi connectivity index (χ1n) is 12.4. The molecule has 0 atom stereocenters. The molecule has 8 nitrogen and oxygen atoms in total. The van der Waals surface area contributed by atoms with Crippen LogP contribution in [-0.4, -0.2) is 55.1 Å². The summed E-state index contributed by atoms with van der Waals surface area (Å²) in [6, 6.07) is 6.45. The molecule has 3 heterocycles. The molecule has 1 fully saturated rings. The van der Waals surface area contributed by atoms with Crippen molar-refractivity contribution in [1.82, 2.24) is 15.0 Å². The zero-order chi connectivity index (χ0) is 28.2. The lowest BCUT2D eigenvalue weighted by atomic mass is 10.0. The zero-order valence-corrected chi connectivity index (χ0v) is 23.8. The van der Waals surface area contributed by atoms with E-state index in [1.165, 1.54) is 17.4 Å². The quantitative estimate of drug-likeness (QED) is 0.270. The number of nitrogens with zero attached hydrogens (tertiary/aromatic N) is 3. The number of ether oxygens (including phenoxy) is 1. The van der Waals surface area contributed by atoms with Crippen LogP contribution in [0.4, 0.5) is 24.8 Å². The molecule has 3 aromatic rings. The minimum atomic E-state index is -4.60. The van der Waals surface area contributed by atoms with Crippen LogP contribution in [0.1, 0.15) is 44.0 Å². The van der Waals surface area contributed by atoms with Crippen molar-refractivity contribution in [2.75, 3.05) is 35.6 Å². The van der Waals surface area contributed by atoms with Gasteiger partial charge in [0.25, 0.3) is 0 Å². The standard InChI is InChI=1S/C25H29ClF3N5O3S2/c1-15(2)14-31-24-30-10-6-19(32-24)22-21(33-23(38-22)16-7-11-37-12-8-16)17-4-3-5-18(20(17)26)34-39(35,36)13-9-25(27,28)29/h3-6,10,15-16,34H,7-9,11-14H2,1-2H3,(H,30,31,32). The second-order valence-electron chi connectivity index (χ2n) is 9.61. The average Bonchev–Trinajstić information content (AvgIpc) is 3.33. The molecular weight excluding hydrogens is 575 g/mol. The molecule has 2 aromatic heterocycles. The average molecular weight is 604 g/mol. The van der Waals surface area contributed by atoms with Gasteiger partial charge in [-0.2, -0.15) is 13.2 Å². The van der Waals surface area contributed by atoms with Crippen LogP contribution >= 0.6 is 22.9 Å². The number of nitrogens with one attached hydrogen (secondary N) is 2. The highest BCUT2D eigenvalue weighted by atomic mass is 35.5. The maximum atomic E-state index is 12.6. The number of sulfonamides is 1. The first-order valence-corrected chi connectivity index (χ1v) is 15.3. The number of hydrogen-bond donors (Lipinski definition) is 2. The molecule has 0 bridgehead atoms. The normalized spacial score (nSPS) is 15.1. The number of benzene rings is 1. The summed E-state index contributed by atoms with van der Waals surface area (Å²) in [5.74, 6) is -0.0808. The van der Waals surface area contributed by atoms with Gasteiger partial charge in [-0.1, -0.05) is 37.6 Å². The van der Waals surface area contributed by atoms with E-state index < -0.39 is 28.4 Å². The Balaban J connectivity index is 1.73. The van der Waals surface area contributed by atoms with E-state index in [-0.39, 0.29) is 16.6 Å². The van der Waals surface area contributed by atoms with Crippen LogP contribution in [0.5, 0.6) is 0 Å². The Morgan fingerprint density at radius 2 is 1.92 bits per heavy atom. The van der Waals surface area contributed by atoms with Crippen molar-refractivity contribution >= 4 is 44.6 Å². The Morgan fingerprint density at radius 1 is 1.18 bits per heavy atom. The Bertz CT molecular complexity index is 1390. The third-order valence-corrected chi connectivity index (χ3v) is 8.86. The first kappa shape index (κ1) is 29.5. The molecule has 1 aliphatic rings. The smallest absolute Gasteiger partial charge is 0.381 e. The van der Waals surface area contributed by atoms with Crippen LogP contribution in [0.25, 0.3) is 21.8 Å². The molecule has 1 aliphatic heterocycles. The van der Waals surface area contributed by atoms with E-state index in [0.29, 0.717) is 48.6 Å². The van der Waals surface area contributed by atoms with Crippen LogP contribution in [0.15, 0.2) is 30.5 Å². The highest BCUT2D eigenvalue weighted by Crippen LogP contribution is 2.44. The summed E-state index contributed by atoms with van der Waals surface area (Å²) in [7, 11) is -4.30. The maximum absolute atomic E-state index is 12.6. The molecule has 0 spiro atoms. The number of halogens is 4. The summed E-state index contributed by atoms with van der Waals surface area (Å²) in [6.45, 7) is 6.09. The van der Waals surface area contributed by atoms with Gasteiger partial charge < -0.3 is 10.1 Å². The van der Waals surface area contributed by atoms with Gasteiger partial charge in [0.2, 0.25) is 16.0 Å². The summed E-state index contributed by atoms with van der Waals surface area (Å²) < 4.78 is 70.3. The van der Waals surface area contributed by atoms with Crippen molar-refractivity contribution in [1.29, 1.82) is 0 Å². The SMILES string of the molecule is CC(C)CNc1nccc(-c2sc(C3CCOCC3)nc2-c2cccc(NS(=O)(=O)CCC(F)(F)F)c2Cl)n1. The second-order valence-corrected chi connectivity index (χ2v) is 12.9. The van der Waals surface area contributed by atoms with Gasteiger partial charge in [-0.05, 0) is 30.9 Å². The van der Waals surface area contributed by atoms with E-state index in [1.54, 1.807) is 24.4 Å². The fourth-order valence-corrected chi connectivity index (χ4v) is 6.59. The summed E-state index contributed by atoms with van der Waals surface area (Å²) in [6.07, 6.45) is -2.80. The van der Waals surface area contributed by atoms with E-state index in [1.807, 2.05) is 0 Å². The van der Waals surface area contributed by atoms with Gasteiger partial charge in [0, 0.05) is 37.4 Å². The number of aromatic nitrogens is 3. The van der Waals surface area contributed by atoms with Crippen LogP contribution < -0.4 is 10.0 Å². The molecule has 0 radical (unpaired) electrons. The lowest BCUT2D eigenvalue weighted by Crippen LogP contribution is -2.22. The van der Waals surface area contributed by atoms with Gasteiger partial charge in [0.1, 0.15) is 0 Å². The zero-order valence-electron chi connectivity index (χ0n) is 21.4. The van der Waals surface area contributed by atoms with Crippen LogP contribution in [0.2, 0.25) is 5.02 Å². The number of alkyl halides is 3. The number of hydrogen-bond acceptors (Lipinski definition) is 8. The molecule has 39 heavy (non-hydrogen) atoms. The summed E-state index contributed by atoms with van der Waals surface area (Å²) >= 11 is 8.14. The molecular formula is C25H29ClF3N5O3S2. The van der Waals surface area contributed by atoms with Crippen LogP contribution in [0, 0.1) is 5.92 Å². The summed E-state index contributed by atoms with van der Waals surface area (Å²) in [4.78, 5) is 14.6. The Hall–Kier alpha value is -2.48. The molecule has 4 rings (SSSR count). The predicted molar refractivity (Wildman–Crippen MR) is 148 cm³/mol. The van der Waals surface area contributed by atoms with Gasteiger partial charge >= 0.3 is 6.18 Å². The molecule has 1 saturated heterocycles. The lowest BCUT2D eigenvalue weighted by Gasteiger charge is -2.19. The molecule has 0 aliphatic carbocycles. The fourth-order valence-electron chi connectivity index (χ4n) is 3.94.